The van der Waals surface area contributed by atoms with Gasteiger partial charge < -0.3 is 10.2 Å². The fourth-order valence-corrected chi connectivity index (χ4v) is 5.59. The van der Waals surface area contributed by atoms with E-state index in [0.29, 0.717) is 12.1 Å². The van der Waals surface area contributed by atoms with Crippen molar-refractivity contribution < 1.29 is 22.4 Å². The number of aryl methyl sites for hydroxylation is 1. The van der Waals surface area contributed by atoms with Crippen LogP contribution in [0.2, 0.25) is 0 Å². The minimum atomic E-state index is -3.67. The minimum absolute atomic E-state index is 0.0210. The first-order chi connectivity index (χ1) is 19.2. The zero-order valence-electron chi connectivity index (χ0n) is 24.4. The van der Waals surface area contributed by atoms with E-state index < -0.39 is 27.4 Å². The van der Waals surface area contributed by atoms with Crippen molar-refractivity contribution in [3.05, 3.63) is 101 Å². The summed E-state index contributed by atoms with van der Waals surface area (Å²) in [7, 11) is -3.67. The normalized spacial score (nSPS) is 12.4. The Kier molecular flexibility index (Phi) is 10.7. The van der Waals surface area contributed by atoms with Crippen molar-refractivity contribution in [2.75, 3.05) is 17.1 Å². The number of hydrogen-bond donors (Lipinski definition) is 1. The van der Waals surface area contributed by atoms with Crippen LogP contribution in [0.3, 0.4) is 0 Å². The zero-order chi connectivity index (χ0) is 30.2. The molecular weight excluding hydrogens is 541 g/mol. The third kappa shape index (κ3) is 10.0. The van der Waals surface area contributed by atoms with Crippen LogP contribution in [0.15, 0.2) is 78.9 Å². The number of anilines is 1. The molecule has 3 aromatic carbocycles. The second-order valence-corrected chi connectivity index (χ2v) is 13.3. The lowest BCUT2D eigenvalue weighted by atomic mass is 10.00. The molecule has 0 heterocycles. The molecule has 220 valence electrons. The van der Waals surface area contributed by atoms with Crippen molar-refractivity contribution in [3.8, 4) is 0 Å². The lowest BCUT2D eigenvalue weighted by Gasteiger charge is -2.34. The number of hydrogen-bond acceptors (Lipinski definition) is 4. The van der Waals surface area contributed by atoms with Gasteiger partial charge in [-0.1, -0.05) is 60.2 Å². The maximum absolute atomic E-state index is 13.9. The quantitative estimate of drug-likeness (QED) is 0.317. The fourth-order valence-electron chi connectivity index (χ4n) is 4.63. The lowest BCUT2D eigenvalue weighted by molar-refractivity contribution is -0.142. The van der Waals surface area contributed by atoms with Gasteiger partial charge in [0.05, 0.1) is 11.9 Å². The largest absolute Gasteiger partial charge is 0.350 e. The molecule has 0 bridgehead atoms. The molecule has 2 amide bonds. The average Bonchev–Trinajstić information content (AvgIpc) is 2.88. The van der Waals surface area contributed by atoms with E-state index in [1.165, 1.54) is 28.6 Å². The second kappa shape index (κ2) is 13.8. The number of nitrogens with one attached hydrogen (secondary N) is 1. The van der Waals surface area contributed by atoms with Gasteiger partial charge in [0.15, 0.2) is 0 Å². The van der Waals surface area contributed by atoms with Crippen LogP contribution >= 0.6 is 0 Å². The first-order valence-corrected chi connectivity index (χ1v) is 15.5. The molecule has 1 unspecified atom stereocenters. The molecule has 9 heteroatoms. The molecule has 0 aliphatic heterocycles. The zero-order valence-corrected chi connectivity index (χ0v) is 25.2. The van der Waals surface area contributed by atoms with E-state index in [1.807, 2.05) is 82.3 Å². The highest BCUT2D eigenvalue weighted by Gasteiger charge is 2.32. The van der Waals surface area contributed by atoms with Gasteiger partial charge in [0.25, 0.3) is 0 Å². The van der Waals surface area contributed by atoms with Crippen molar-refractivity contribution in [1.82, 2.24) is 10.2 Å². The summed E-state index contributed by atoms with van der Waals surface area (Å²) in [6.07, 6.45) is 1.64. The third-order valence-electron chi connectivity index (χ3n) is 6.47. The SMILES string of the molecule is Cc1cccc(CN(C(=O)CCCN(c2ccc(F)cc2)S(C)(=O)=O)C(Cc2ccccc2)C(=O)NC(C)(C)C)c1. The number of halogens is 1. The molecular formula is C32H40FN3O4S. The highest BCUT2D eigenvalue weighted by Crippen LogP contribution is 2.21. The number of amides is 2. The molecule has 1 N–H and O–H groups in total. The van der Waals surface area contributed by atoms with E-state index in [1.54, 1.807) is 4.90 Å². The minimum Gasteiger partial charge on any atom is -0.350 e. The first kappa shape index (κ1) is 31.8. The van der Waals surface area contributed by atoms with Gasteiger partial charge in [-0.05, 0) is 69.5 Å². The Morgan fingerprint density at radius 2 is 1.56 bits per heavy atom. The Bertz CT molecular complexity index is 1420. The molecule has 3 aromatic rings. The van der Waals surface area contributed by atoms with Gasteiger partial charge in [0, 0.05) is 31.5 Å². The predicted molar refractivity (Wildman–Crippen MR) is 161 cm³/mol. The van der Waals surface area contributed by atoms with Gasteiger partial charge >= 0.3 is 0 Å². The molecule has 3 rings (SSSR count). The van der Waals surface area contributed by atoms with Crippen LogP contribution in [0, 0.1) is 12.7 Å². The summed E-state index contributed by atoms with van der Waals surface area (Å²) < 4.78 is 39.6. The van der Waals surface area contributed by atoms with E-state index in [4.69, 9.17) is 0 Å². The molecule has 0 aromatic heterocycles. The maximum Gasteiger partial charge on any atom is 0.243 e. The van der Waals surface area contributed by atoms with Crippen LogP contribution in [0.1, 0.15) is 50.3 Å². The van der Waals surface area contributed by atoms with Gasteiger partial charge in [-0.3, -0.25) is 13.9 Å². The van der Waals surface area contributed by atoms with Gasteiger partial charge in [-0.15, -0.1) is 0 Å². The summed E-state index contributed by atoms with van der Waals surface area (Å²) in [4.78, 5) is 29.1. The van der Waals surface area contributed by atoms with Gasteiger partial charge in [-0.2, -0.15) is 0 Å². The highest BCUT2D eigenvalue weighted by atomic mass is 32.2. The fraction of sp³-hybridized carbons (Fsp3) is 0.375. The van der Waals surface area contributed by atoms with E-state index in [2.05, 4.69) is 5.32 Å². The van der Waals surface area contributed by atoms with E-state index in [0.717, 1.165) is 22.9 Å². The van der Waals surface area contributed by atoms with Gasteiger partial charge in [-0.25, -0.2) is 12.8 Å². The highest BCUT2D eigenvalue weighted by molar-refractivity contribution is 7.92. The van der Waals surface area contributed by atoms with E-state index in [-0.39, 0.29) is 37.7 Å². The summed E-state index contributed by atoms with van der Waals surface area (Å²) in [5, 5.41) is 3.04. The Morgan fingerprint density at radius 1 is 0.927 bits per heavy atom. The summed E-state index contributed by atoms with van der Waals surface area (Å²) >= 11 is 0. The number of carbonyl (C=O) groups excluding carboxylic acids is 2. The van der Waals surface area contributed by atoms with Crippen LogP contribution in [-0.2, 0) is 32.6 Å². The van der Waals surface area contributed by atoms with Crippen LogP contribution in [0.5, 0.6) is 0 Å². The van der Waals surface area contributed by atoms with Gasteiger partial charge in [0.1, 0.15) is 11.9 Å². The topological polar surface area (TPSA) is 86.8 Å². The average molecular weight is 582 g/mol. The van der Waals surface area contributed by atoms with Crippen LogP contribution < -0.4 is 9.62 Å². The Hall–Kier alpha value is -3.72. The lowest BCUT2D eigenvalue weighted by Crippen LogP contribution is -2.54. The van der Waals surface area contributed by atoms with Crippen molar-refractivity contribution in [2.45, 2.75) is 65.1 Å². The maximum atomic E-state index is 13.9. The van der Waals surface area contributed by atoms with Gasteiger partial charge in [0.2, 0.25) is 21.8 Å². The standard InChI is InChI=1S/C32H40FN3O4S/c1-24-11-9-14-26(21-24)23-35(29(31(38)34-32(2,3)4)22-25-12-7-6-8-13-25)30(37)15-10-20-36(41(5,39)40)28-18-16-27(33)17-19-28/h6-9,11-14,16-19,21,29H,10,15,20,22-23H2,1-5H3,(H,34,38). The smallest absolute Gasteiger partial charge is 0.243 e. The summed E-state index contributed by atoms with van der Waals surface area (Å²) in [6.45, 7) is 7.92. The monoisotopic (exact) mass is 581 g/mol. The first-order valence-electron chi connectivity index (χ1n) is 13.7. The Morgan fingerprint density at radius 3 is 2.15 bits per heavy atom. The number of nitrogens with zero attached hydrogens (tertiary/aromatic N) is 2. The molecule has 0 fully saturated rings. The van der Waals surface area contributed by atoms with E-state index in [9.17, 15) is 22.4 Å². The number of benzene rings is 3. The number of carbonyl (C=O) groups is 2. The second-order valence-electron chi connectivity index (χ2n) is 11.4. The van der Waals surface area contributed by atoms with Crippen molar-refractivity contribution in [2.24, 2.45) is 0 Å². The summed E-state index contributed by atoms with van der Waals surface area (Å²) in [5.74, 6) is -0.988. The predicted octanol–water partition coefficient (Wildman–Crippen LogP) is 5.24. The van der Waals surface area contributed by atoms with Crippen molar-refractivity contribution >= 4 is 27.5 Å². The molecule has 1 atom stereocenters. The van der Waals surface area contributed by atoms with Crippen molar-refractivity contribution in [1.29, 1.82) is 0 Å². The molecule has 41 heavy (non-hydrogen) atoms. The van der Waals surface area contributed by atoms with Crippen LogP contribution in [0.4, 0.5) is 10.1 Å². The Balaban J connectivity index is 1.90. The molecule has 0 aliphatic rings. The third-order valence-corrected chi connectivity index (χ3v) is 7.67. The number of rotatable bonds is 12. The molecule has 0 radical (unpaired) electrons. The van der Waals surface area contributed by atoms with Crippen LogP contribution in [-0.4, -0.2) is 49.5 Å². The van der Waals surface area contributed by atoms with Crippen LogP contribution in [0.25, 0.3) is 0 Å². The summed E-state index contributed by atoms with van der Waals surface area (Å²) in [6, 6.07) is 21.8. The Labute approximate surface area is 243 Å². The molecule has 0 aliphatic carbocycles. The summed E-state index contributed by atoms with van der Waals surface area (Å²) in [5.41, 5.74) is 2.67. The molecule has 0 saturated carbocycles. The molecule has 0 saturated heterocycles. The van der Waals surface area contributed by atoms with Crippen molar-refractivity contribution in [3.63, 3.8) is 0 Å². The van der Waals surface area contributed by atoms with E-state index >= 15 is 0 Å². The number of sulfonamides is 1. The molecule has 7 nitrogen and oxygen atoms in total. The molecule has 0 spiro atoms.